The summed E-state index contributed by atoms with van der Waals surface area (Å²) in [6, 6.07) is 11.0. The molecule has 0 aliphatic rings. The Morgan fingerprint density at radius 1 is 1.07 bits per heavy atom. The first kappa shape index (κ1) is 19.5. The van der Waals surface area contributed by atoms with Crippen molar-refractivity contribution < 1.29 is 9.59 Å². The fourth-order valence-corrected chi connectivity index (χ4v) is 3.10. The molecule has 2 amide bonds. The lowest BCUT2D eigenvalue weighted by atomic mass is 10.1. The normalized spacial score (nSPS) is 11.0. The van der Waals surface area contributed by atoms with E-state index in [0.717, 1.165) is 34.4 Å². The number of hydrogen-bond donors (Lipinski definition) is 2. The van der Waals surface area contributed by atoms with Gasteiger partial charge in [0.05, 0.1) is 17.6 Å². The predicted molar refractivity (Wildman–Crippen MR) is 108 cm³/mol. The van der Waals surface area contributed by atoms with Crippen molar-refractivity contribution in [2.45, 2.75) is 40.7 Å². The van der Waals surface area contributed by atoms with Crippen LogP contribution in [0.15, 0.2) is 36.4 Å². The van der Waals surface area contributed by atoms with Crippen LogP contribution in [0.4, 0.5) is 0 Å². The Hall–Kier alpha value is -3.22. The number of nitrogens with zero attached hydrogens (tertiary/aromatic N) is 3. The third-order valence-corrected chi connectivity index (χ3v) is 4.55. The molecule has 0 bridgehead atoms. The van der Waals surface area contributed by atoms with E-state index < -0.39 is 5.91 Å². The first-order chi connectivity index (χ1) is 13.3. The number of para-hydroxylation sites is 1. The van der Waals surface area contributed by atoms with Gasteiger partial charge >= 0.3 is 0 Å². The largest absolute Gasteiger partial charge is 0.288 e. The molecule has 0 radical (unpaired) electrons. The van der Waals surface area contributed by atoms with Crippen LogP contribution in [0.1, 0.15) is 41.3 Å². The Bertz CT molecular complexity index is 1020. The molecule has 146 valence electrons. The van der Waals surface area contributed by atoms with Crippen LogP contribution in [0.3, 0.4) is 0 Å². The van der Waals surface area contributed by atoms with Gasteiger partial charge in [-0.3, -0.25) is 25.1 Å². The molecule has 1 aromatic carbocycles. The lowest BCUT2D eigenvalue weighted by Crippen LogP contribution is -2.42. The van der Waals surface area contributed by atoms with E-state index >= 15 is 0 Å². The predicted octanol–water partition coefficient (Wildman–Crippen LogP) is 2.71. The fourth-order valence-electron chi connectivity index (χ4n) is 3.10. The highest BCUT2D eigenvalue weighted by molar-refractivity contribution is 5.96. The second-order valence-electron chi connectivity index (χ2n) is 7.29. The Kier molecular flexibility index (Phi) is 5.73. The van der Waals surface area contributed by atoms with E-state index in [2.05, 4.69) is 34.8 Å². The summed E-state index contributed by atoms with van der Waals surface area (Å²) in [4.78, 5) is 28.9. The van der Waals surface area contributed by atoms with E-state index in [-0.39, 0.29) is 18.0 Å². The number of hydrazine groups is 1. The first-order valence-electron chi connectivity index (χ1n) is 9.33. The Morgan fingerprint density at radius 3 is 2.57 bits per heavy atom. The third-order valence-electron chi connectivity index (χ3n) is 4.55. The Morgan fingerprint density at radius 2 is 1.82 bits per heavy atom. The van der Waals surface area contributed by atoms with Crippen LogP contribution < -0.4 is 10.9 Å². The number of hydrogen-bond acceptors (Lipinski definition) is 4. The van der Waals surface area contributed by atoms with E-state index in [9.17, 15) is 9.59 Å². The van der Waals surface area contributed by atoms with Crippen LogP contribution in [-0.4, -0.2) is 26.6 Å². The van der Waals surface area contributed by atoms with Gasteiger partial charge in [0.1, 0.15) is 5.69 Å². The SMILES string of the molecule is Cc1nn(CC(C)C)c(C)c1CC(=O)NNC(=O)c1ccc2ccccc2n1. The maximum Gasteiger partial charge on any atom is 0.288 e. The van der Waals surface area contributed by atoms with Gasteiger partial charge in [-0.15, -0.1) is 0 Å². The summed E-state index contributed by atoms with van der Waals surface area (Å²) in [5, 5.41) is 5.47. The van der Waals surface area contributed by atoms with E-state index in [1.165, 1.54) is 0 Å². The van der Waals surface area contributed by atoms with Crippen LogP contribution in [0.25, 0.3) is 10.9 Å². The highest BCUT2D eigenvalue weighted by Crippen LogP contribution is 2.15. The van der Waals surface area contributed by atoms with Gasteiger partial charge in [-0.05, 0) is 31.9 Å². The molecule has 3 rings (SSSR count). The van der Waals surface area contributed by atoms with Crippen LogP contribution in [0, 0.1) is 19.8 Å². The monoisotopic (exact) mass is 379 g/mol. The fraction of sp³-hybridized carbons (Fsp3) is 0.333. The summed E-state index contributed by atoms with van der Waals surface area (Å²) in [7, 11) is 0. The van der Waals surface area contributed by atoms with Crippen molar-refractivity contribution in [3.63, 3.8) is 0 Å². The summed E-state index contributed by atoms with van der Waals surface area (Å²) < 4.78 is 1.93. The van der Waals surface area contributed by atoms with Crippen LogP contribution >= 0.6 is 0 Å². The van der Waals surface area contributed by atoms with Gasteiger partial charge in [0.15, 0.2) is 0 Å². The number of aryl methyl sites for hydroxylation is 1. The zero-order valence-corrected chi connectivity index (χ0v) is 16.6. The van der Waals surface area contributed by atoms with E-state index in [1.807, 2.05) is 48.9 Å². The number of nitrogens with one attached hydrogen (secondary N) is 2. The number of aromatic nitrogens is 3. The number of rotatable bonds is 5. The molecular weight excluding hydrogens is 354 g/mol. The van der Waals surface area contributed by atoms with Gasteiger partial charge in [-0.1, -0.05) is 38.1 Å². The molecular formula is C21H25N5O2. The number of amides is 2. The first-order valence-corrected chi connectivity index (χ1v) is 9.33. The topological polar surface area (TPSA) is 88.9 Å². The molecule has 0 fully saturated rings. The molecule has 0 unspecified atom stereocenters. The maximum absolute atomic E-state index is 12.3. The van der Waals surface area contributed by atoms with Crippen molar-refractivity contribution in [1.29, 1.82) is 0 Å². The highest BCUT2D eigenvalue weighted by Gasteiger charge is 2.16. The van der Waals surface area contributed by atoms with Gasteiger partial charge in [0.2, 0.25) is 5.91 Å². The summed E-state index contributed by atoms with van der Waals surface area (Å²) in [5.41, 5.74) is 8.56. The van der Waals surface area contributed by atoms with Crippen LogP contribution in [-0.2, 0) is 17.8 Å². The molecule has 0 aliphatic heterocycles. The zero-order chi connectivity index (χ0) is 20.3. The minimum absolute atomic E-state index is 0.154. The molecule has 0 spiro atoms. The second kappa shape index (κ2) is 8.21. The van der Waals surface area contributed by atoms with Crippen LogP contribution in [0.5, 0.6) is 0 Å². The lowest BCUT2D eigenvalue weighted by molar-refractivity contribution is -0.121. The zero-order valence-electron chi connectivity index (χ0n) is 16.6. The Labute approximate surface area is 164 Å². The minimum Gasteiger partial charge on any atom is -0.273 e. The standard InChI is InChI=1S/C21H25N5O2/c1-13(2)12-26-15(4)17(14(3)25-26)11-20(27)23-24-21(28)19-10-9-16-7-5-6-8-18(16)22-19/h5-10,13H,11-12H2,1-4H3,(H,23,27)(H,24,28). The minimum atomic E-state index is -0.456. The molecule has 2 heterocycles. The van der Waals surface area contributed by atoms with Gasteiger partial charge in [-0.25, -0.2) is 4.98 Å². The lowest BCUT2D eigenvalue weighted by Gasteiger charge is -2.09. The van der Waals surface area contributed by atoms with Gasteiger partial charge < -0.3 is 0 Å². The van der Waals surface area contributed by atoms with Crippen molar-refractivity contribution in [3.8, 4) is 0 Å². The molecule has 2 aromatic heterocycles. The van der Waals surface area contributed by atoms with Crippen molar-refractivity contribution in [3.05, 3.63) is 59.0 Å². The summed E-state index contributed by atoms with van der Waals surface area (Å²) >= 11 is 0. The molecule has 2 N–H and O–H groups in total. The Balaban J connectivity index is 1.62. The van der Waals surface area contributed by atoms with E-state index in [4.69, 9.17) is 0 Å². The van der Waals surface area contributed by atoms with Gasteiger partial charge in [-0.2, -0.15) is 5.10 Å². The second-order valence-corrected chi connectivity index (χ2v) is 7.29. The van der Waals surface area contributed by atoms with Crippen molar-refractivity contribution in [1.82, 2.24) is 25.6 Å². The molecule has 28 heavy (non-hydrogen) atoms. The maximum atomic E-state index is 12.3. The van der Waals surface area contributed by atoms with Gasteiger partial charge in [0.25, 0.3) is 5.91 Å². The number of benzene rings is 1. The smallest absolute Gasteiger partial charge is 0.273 e. The molecule has 0 saturated carbocycles. The van der Waals surface area contributed by atoms with E-state index in [1.54, 1.807) is 6.07 Å². The van der Waals surface area contributed by atoms with E-state index in [0.29, 0.717) is 5.92 Å². The molecule has 0 atom stereocenters. The van der Waals surface area contributed by atoms with Crippen molar-refractivity contribution in [2.24, 2.45) is 5.92 Å². The average Bonchev–Trinajstić information content (AvgIpc) is 2.92. The summed E-state index contributed by atoms with van der Waals surface area (Å²) in [5.74, 6) is -0.291. The molecule has 7 heteroatoms. The average molecular weight is 379 g/mol. The number of carbonyl (C=O) groups excluding carboxylic acids is 2. The molecule has 3 aromatic rings. The molecule has 0 aliphatic carbocycles. The van der Waals surface area contributed by atoms with Crippen molar-refractivity contribution >= 4 is 22.7 Å². The third kappa shape index (κ3) is 4.36. The summed E-state index contributed by atoms with van der Waals surface area (Å²) in [6.45, 7) is 8.91. The van der Waals surface area contributed by atoms with Crippen molar-refractivity contribution in [2.75, 3.05) is 0 Å². The number of pyridine rings is 1. The number of carbonyl (C=O) groups is 2. The quantitative estimate of drug-likeness (QED) is 0.667. The number of fused-ring (bicyclic) bond motifs is 1. The molecule has 0 saturated heterocycles. The van der Waals surface area contributed by atoms with Crippen LogP contribution in [0.2, 0.25) is 0 Å². The highest BCUT2D eigenvalue weighted by atomic mass is 16.2. The summed E-state index contributed by atoms with van der Waals surface area (Å²) in [6.07, 6.45) is 0.154. The molecule has 7 nitrogen and oxygen atoms in total. The van der Waals surface area contributed by atoms with Gasteiger partial charge in [0, 0.05) is 23.2 Å².